The predicted octanol–water partition coefficient (Wildman–Crippen LogP) is -15.7. The molecular weight excluding hydrogens is 1840 g/mol. The summed E-state index contributed by atoms with van der Waals surface area (Å²) in [4.78, 5) is 100.0. The Labute approximate surface area is 678 Å². The van der Waals surface area contributed by atoms with Gasteiger partial charge in [-0.05, 0) is 0 Å². The number of rotatable bonds is 38. The number of carboxylic acids is 3. The van der Waals surface area contributed by atoms with Crippen LogP contribution in [0.2, 0.25) is 0 Å². The van der Waals surface area contributed by atoms with Crippen LogP contribution in [0.5, 0.6) is 0 Å². The molecule has 0 saturated carbocycles. The molecule has 7 saturated heterocycles. The first-order valence-corrected chi connectivity index (χ1v) is 42.8. The maximum Gasteiger partial charge on any atom is 0.397 e. The first kappa shape index (κ1) is 103. The highest BCUT2D eigenvalue weighted by Crippen LogP contribution is 2.40. The number of aliphatic hydroxyl groups is 8. The van der Waals surface area contributed by atoms with E-state index in [2.05, 4.69) is 34.6 Å². The normalized spacial score (nSPS) is 38.7. The number of carboxylic acid groups (broad SMARTS) is 3. The number of amides is 4. The van der Waals surface area contributed by atoms with Gasteiger partial charge in [0.05, 0.1) is 32.5 Å². The minimum atomic E-state index is -6.22. The minimum absolute atomic E-state index is 0.594. The van der Waals surface area contributed by atoms with Crippen LogP contribution in [-0.2, 0) is 202 Å². The summed E-state index contributed by atoms with van der Waals surface area (Å²) in [5.41, 5.74) is 0. The maximum absolute atomic E-state index is 13.4. The summed E-state index contributed by atoms with van der Waals surface area (Å²) in [5, 5.41) is 132. The topological polar surface area (TPSA) is 965 Å². The second-order valence-corrected chi connectivity index (χ2v) is 33.7. The van der Waals surface area contributed by atoms with Gasteiger partial charge >= 0.3 is 90.7 Å². The summed E-state index contributed by atoms with van der Waals surface area (Å²) in [6.07, 6.45) is -83.4. The molecular formula is C50H78N4O60S7. The zero-order valence-electron chi connectivity index (χ0n) is 60.7. The van der Waals surface area contributed by atoms with E-state index in [9.17, 15) is 176 Å². The molecule has 22 N–H and O–H groups in total. The minimum Gasteiger partial charge on any atom is -0.479 e. The second kappa shape index (κ2) is 41.1. The zero-order chi connectivity index (χ0) is 91.4. The molecule has 7 aliphatic rings. The first-order valence-electron chi connectivity index (χ1n) is 33.2. The van der Waals surface area contributed by atoms with Crippen molar-refractivity contribution in [2.45, 2.75) is 243 Å². The van der Waals surface area contributed by atoms with Crippen LogP contribution in [0.1, 0.15) is 34.1 Å². The largest absolute Gasteiger partial charge is 0.479 e. The van der Waals surface area contributed by atoms with Gasteiger partial charge in [-0.1, -0.05) is 0 Å². The van der Waals surface area contributed by atoms with Gasteiger partial charge in [0.2, 0.25) is 36.2 Å². The average molecular weight is 1920 g/mol. The quantitative estimate of drug-likeness (QED) is 0.0155. The molecule has 18 unspecified atom stereocenters. The van der Waals surface area contributed by atoms with Gasteiger partial charge in [-0.15, -0.1) is 0 Å². The van der Waals surface area contributed by atoms with Crippen LogP contribution in [0.4, 0.5) is 0 Å². The van der Waals surface area contributed by atoms with Gasteiger partial charge in [0.15, 0.2) is 68.1 Å². The molecule has 0 aromatic carbocycles. The fourth-order valence-electron chi connectivity index (χ4n) is 12.6. The molecule has 0 aromatic heterocycles. The summed E-state index contributed by atoms with van der Waals surface area (Å²) < 4.78 is 335. The van der Waals surface area contributed by atoms with E-state index in [1.165, 1.54) is 0 Å². The lowest BCUT2D eigenvalue weighted by Gasteiger charge is -2.50. The molecule has 0 radical (unpaired) electrons. The molecule has 7 fully saturated rings. The molecule has 64 nitrogen and oxygen atoms in total. The lowest BCUT2D eigenvalue weighted by Crippen LogP contribution is -2.71. The Morgan fingerprint density at radius 2 is 0.562 bits per heavy atom. The monoisotopic (exact) mass is 1920 g/mol. The van der Waals surface area contributed by atoms with Gasteiger partial charge in [-0.3, -0.25) is 51.0 Å². The van der Waals surface area contributed by atoms with E-state index in [1.54, 1.807) is 0 Å². The van der Waals surface area contributed by atoms with Crippen molar-refractivity contribution in [2.24, 2.45) is 0 Å². The van der Waals surface area contributed by atoms with Gasteiger partial charge in [-0.25, -0.2) is 43.7 Å². The van der Waals surface area contributed by atoms with Crippen molar-refractivity contribution in [3.8, 4) is 0 Å². The van der Waals surface area contributed by atoms with E-state index in [4.69, 9.17) is 71.2 Å². The van der Waals surface area contributed by atoms with Crippen molar-refractivity contribution >= 4 is 114 Å². The molecule has 7 rings (SSSR count). The van der Waals surface area contributed by atoms with Crippen molar-refractivity contribution in [1.82, 2.24) is 21.3 Å². The third-order valence-electron chi connectivity index (χ3n) is 17.3. The smallest absolute Gasteiger partial charge is 0.397 e. The molecule has 34 atom stereocenters. The second-order valence-electron chi connectivity index (χ2n) is 26.2. The van der Waals surface area contributed by atoms with Crippen molar-refractivity contribution in [2.75, 3.05) is 26.4 Å². The standard InChI is InChI=1S/C50H78N4O60S7/c1-10(55)51-20-25(61)24(60)16(6-94-115(73,74)75)99-46(20)110-111-47-23(54-13(4)58)28(64)34(19(102-47)9-97-118(82,83)84)105-50-38(114-121(91,92)93)30(66)36(40(109-50)43(71)72)107-45-22(53-12(3)57)27(63)33(18(101-45)8-96-117(79,80)81)104-49-37(113-120(88,89)90)29(65)35(39(108-49)42(69)70)106-44-21(52-11(2)56)26(62)32(17(100-44)7-95-116(76,77)78)103-48-31(112-119(85,86)87)14(59)5-15(98-48)41(67)68/h14-40,44-50,59-66H,5-9H2,1-4H3,(H,51,55)(H,52,56)(H,53,57)(H,54,58)(H,67,68)(H,69,70)(H,71,72)(H,73,74,75)(H,76,77,78)(H,79,80,81)(H,82,83,84)(H,85,86,87)(H,88,89,90)(H,91,92,93)/t14-,15?,16?,17?,18?,19?,20?,21?,22?,23?,24+,25+,26+,27+,28+,29-,30-,31?,32+,33+,34+,35-,36-,37?,38?,39?,40?,44?,45?,46?,47?,48-,49+,50+/m0/s1. The third kappa shape index (κ3) is 29.3. The molecule has 0 aromatic rings. The maximum atomic E-state index is 13.4. The Morgan fingerprint density at radius 1 is 0.298 bits per heavy atom. The van der Waals surface area contributed by atoms with Gasteiger partial charge in [0, 0.05) is 34.1 Å². The zero-order valence-corrected chi connectivity index (χ0v) is 66.4. The highest BCUT2D eigenvalue weighted by atomic mass is 32.3. The summed E-state index contributed by atoms with van der Waals surface area (Å²) in [6, 6.07) is -9.42. The van der Waals surface area contributed by atoms with Crippen LogP contribution in [0.3, 0.4) is 0 Å². The highest BCUT2D eigenvalue weighted by molar-refractivity contribution is 7.82. The molecule has 7 heterocycles. The Bertz CT molecular complexity index is 4500. The van der Waals surface area contributed by atoms with Crippen LogP contribution in [-0.4, -0.2) is 424 Å². The van der Waals surface area contributed by atoms with Crippen LogP contribution < -0.4 is 21.3 Å². The van der Waals surface area contributed by atoms with Crippen molar-refractivity contribution in [3.05, 3.63) is 0 Å². The van der Waals surface area contributed by atoms with Gasteiger partial charge in [-0.2, -0.15) is 68.7 Å². The van der Waals surface area contributed by atoms with Crippen molar-refractivity contribution in [1.29, 1.82) is 0 Å². The Kier molecular flexibility index (Phi) is 34.8. The van der Waals surface area contributed by atoms with E-state index < -0.39 is 356 Å². The Morgan fingerprint density at radius 3 is 0.851 bits per heavy atom. The summed E-state index contributed by atoms with van der Waals surface area (Å²) >= 11 is 0. The molecule has 0 spiro atoms. The number of aliphatic hydroxyl groups excluding tert-OH is 8. The van der Waals surface area contributed by atoms with Crippen LogP contribution in [0, 0.1) is 0 Å². The number of carbonyl (C=O) groups is 7. The molecule has 0 bridgehead atoms. The Hall–Kier alpha value is -5.50. The number of carbonyl (C=O) groups excluding carboxylic acids is 4. The van der Waals surface area contributed by atoms with E-state index in [1.807, 2.05) is 16.0 Å². The summed E-state index contributed by atoms with van der Waals surface area (Å²) in [5.74, 6) is -11.7. The van der Waals surface area contributed by atoms with Crippen molar-refractivity contribution < 1.29 is 276 Å². The number of nitrogens with one attached hydrogen (secondary N) is 4. The predicted molar refractivity (Wildman–Crippen MR) is 352 cm³/mol. The van der Waals surface area contributed by atoms with Gasteiger partial charge in [0.25, 0.3) is 0 Å². The van der Waals surface area contributed by atoms with E-state index in [-0.39, 0.29) is 0 Å². The van der Waals surface area contributed by atoms with Crippen LogP contribution >= 0.6 is 0 Å². The summed E-state index contributed by atoms with van der Waals surface area (Å²) in [6.45, 7) is -3.81. The number of ether oxygens (including phenoxy) is 12. The molecule has 0 aliphatic carbocycles. The molecule has 700 valence electrons. The third-order valence-corrected chi connectivity index (χ3v) is 20.5. The fourth-order valence-corrected chi connectivity index (χ4v) is 15.3. The van der Waals surface area contributed by atoms with E-state index in [0.29, 0.717) is 20.8 Å². The van der Waals surface area contributed by atoms with Crippen LogP contribution in [0.15, 0.2) is 0 Å². The van der Waals surface area contributed by atoms with E-state index in [0.717, 1.165) is 6.92 Å². The van der Waals surface area contributed by atoms with Gasteiger partial charge < -0.3 is 134 Å². The Balaban J connectivity index is 1.23. The first-order chi connectivity index (χ1) is 55.4. The lowest BCUT2D eigenvalue weighted by atomic mass is 9.93. The molecule has 4 amide bonds. The molecule has 71 heteroatoms. The van der Waals surface area contributed by atoms with Crippen molar-refractivity contribution in [3.63, 3.8) is 0 Å². The number of hydrogen-bond donors (Lipinski definition) is 22. The molecule has 7 aliphatic heterocycles. The van der Waals surface area contributed by atoms with Crippen LogP contribution in [0.25, 0.3) is 0 Å². The highest BCUT2D eigenvalue weighted by Gasteiger charge is 2.62. The lowest BCUT2D eigenvalue weighted by molar-refractivity contribution is -0.473. The van der Waals surface area contributed by atoms with E-state index >= 15 is 0 Å². The number of aliphatic carboxylic acids is 3. The average Bonchev–Trinajstić information content (AvgIpc) is 0.757. The number of hydrogen-bond acceptors (Lipinski definition) is 50. The SMILES string of the molecule is CC(=O)NC1C(OOC2OC(COS(=O)(=O)O)[C@@H](O[C@@H]3OC(C(=O)O)[C@@H](OC4OC(COS(=O)(=O)O)[C@@H](O[C@@H]5OC(C(=O)O)[C@@H](OC6OC(COS(=O)(=O)O)[C@@H](O[C@@H]7OC(C(=O)O)C[C@H](O)C7OS(=O)(=O)O)[C@H](O)C6NC(C)=O)[C@H](O)C5OS(=O)(=O)O)[C@H](O)C4NC(C)=O)[C@H](O)C3OS(=O)(=O)O)[C@H](O)C2NC(C)=O)OC(COS(=O)(=O)O)[C@@H](O)[C@@H]1O. The fraction of sp³-hybridized carbons (Fsp3) is 0.860. The summed E-state index contributed by atoms with van der Waals surface area (Å²) in [7, 11) is -40.8. The molecule has 121 heavy (non-hydrogen) atoms. The van der Waals surface area contributed by atoms with Gasteiger partial charge in [0.1, 0.15) is 122 Å².